The molecule has 0 spiro atoms. The second kappa shape index (κ2) is 48.2. The molecule has 61 heavy (non-hydrogen) atoms. The Kier molecular flexibility index (Phi) is 48.4. The Morgan fingerprint density at radius 2 is 0.393 bits per heavy atom. The first-order chi connectivity index (χ1) is 29.8. The van der Waals surface area contributed by atoms with Crippen molar-refractivity contribution in [3.05, 3.63) is 0 Å². The normalized spacial score (nSPS) is 15.0. The Bertz CT molecular complexity index is 713. The van der Waals surface area contributed by atoms with E-state index in [-0.39, 0.29) is 25.7 Å². The van der Waals surface area contributed by atoms with Gasteiger partial charge in [0.2, 0.25) is 0 Å². The SMILES string of the molecule is CCCCCCCCCCCC(O)O[O][Ti]([O]OC(O)CCCCCCCCCCC)([O]OC(O)CCCCCCCCCCC)[O]OC(O)CCCCCCCCCCC. The van der Waals surface area contributed by atoms with E-state index in [0.717, 1.165) is 77.0 Å². The van der Waals surface area contributed by atoms with Gasteiger partial charge >= 0.3 is 328 Å². The molecule has 0 fully saturated rings. The molecule has 0 radical (unpaired) electrons. The molecule has 0 aromatic carbocycles. The van der Waals surface area contributed by atoms with Crippen LogP contribution in [0.15, 0.2) is 0 Å². The zero-order valence-electron chi connectivity index (χ0n) is 40.1. The van der Waals surface area contributed by atoms with Gasteiger partial charge in [-0.3, -0.25) is 0 Å². The van der Waals surface area contributed by atoms with Crippen molar-refractivity contribution in [1.29, 1.82) is 0 Å². The Morgan fingerprint density at radius 1 is 0.246 bits per heavy atom. The molecular weight excluding hydrogens is 816 g/mol. The van der Waals surface area contributed by atoms with Crippen LogP contribution in [0, 0.1) is 0 Å². The molecule has 0 rings (SSSR count). The van der Waals surface area contributed by atoms with Crippen LogP contribution in [-0.4, -0.2) is 45.6 Å². The predicted octanol–water partition coefficient (Wildman–Crippen LogP) is 14.6. The smallest absolute Gasteiger partial charge is 0.0654 e. The molecule has 4 atom stereocenters. The van der Waals surface area contributed by atoms with Gasteiger partial charge in [-0.25, -0.2) is 0 Å². The number of hydrogen-bond acceptors (Lipinski definition) is 12. The molecule has 12 nitrogen and oxygen atoms in total. The molecule has 0 saturated carbocycles. The molecule has 0 saturated heterocycles. The van der Waals surface area contributed by atoms with Gasteiger partial charge in [0, 0.05) is 0 Å². The van der Waals surface area contributed by atoms with Crippen molar-refractivity contribution in [2.45, 2.75) is 310 Å². The summed E-state index contributed by atoms with van der Waals surface area (Å²) < 4.78 is 22.1. The fourth-order valence-corrected chi connectivity index (χ4v) is 8.94. The number of unbranched alkanes of at least 4 members (excludes halogenated alkanes) is 32. The summed E-state index contributed by atoms with van der Waals surface area (Å²) in [6.07, 6.45) is 36.1. The molecule has 0 aromatic heterocycles. The van der Waals surface area contributed by atoms with Crippen LogP contribution in [0.25, 0.3) is 0 Å². The minimum absolute atomic E-state index is 0.278. The van der Waals surface area contributed by atoms with Gasteiger partial charge in [0.1, 0.15) is 0 Å². The van der Waals surface area contributed by atoms with Gasteiger partial charge in [-0.15, -0.1) is 0 Å². The van der Waals surface area contributed by atoms with E-state index in [1.807, 2.05) is 0 Å². The topological polar surface area (TPSA) is 155 Å². The van der Waals surface area contributed by atoms with Crippen LogP contribution in [0.5, 0.6) is 0 Å². The van der Waals surface area contributed by atoms with Crippen LogP contribution in [0.4, 0.5) is 0 Å². The summed E-state index contributed by atoms with van der Waals surface area (Å²) >= 11 is -5.56. The van der Waals surface area contributed by atoms with E-state index in [0.29, 0.717) is 25.7 Å². The predicted molar refractivity (Wildman–Crippen MR) is 240 cm³/mol. The van der Waals surface area contributed by atoms with Crippen LogP contribution in [0.1, 0.15) is 285 Å². The fourth-order valence-electron chi connectivity index (χ4n) is 7.25. The molecule has 4 N–H and O–H groups in total. The first kappa shape index (κ1) is 61.2. The molecule has 0 bridgehead atoms. The monoisotopic (exact) mass is 917 g/mol. The van der Waals surface area contributed by atoms with Crippen LogP contribution >= 0.6 is 0 Å². The van der Waals surface area contributed by atoms with Crippen molar-refractivity contribution in [2.24, 2.45) is 0 Å². The molecule has 0 aromatic rings. The zero-order valence-corrected chi connectivity index (χ0v) is 41.7. The van der Waals surface area contributed by atoms with Crippen LogP contribution in [-0.2, 0) is 51.6 Å². The van der Waals surface area contributed by atoms with Gasteiger partial charge < -0.3 is 0 Å². The van der Waals surface area contributed by atoms with Crippen molar-refractivity contribution in [1.82, 2.24) is 0 Å². The minimum atomic E-state index is -5.56. The van der Waals surface area contributed by atoms with Crippen LogP contribution in [0.3, 0.4) is 0 Å². The molecule has 368 valence electrons. The zero-order chi connectivity index (χ0) is 44.8. The standard InChI is InChI=1S/4C12H26O3.Ti/c4*1-2-3-4-5-6-7-8-9-10-11-12(13)15-14;/h4*12-14H,2-11H2,1H3;/q;;;;+4/p-4. The Labute approximate surface area is 380 Å². The number of aliphatic hydroxyl groups is 4. The first-order valence-corrected chi connectivity index (χ1v) is 28.5. The van der Waals surface area contributed by atoms with E-state index >= 15 is 0 Å². The summed E-state index contributed by atoms with van der Waals surface area (Å²) in [6, 6.07) is 0. The van der Waals surface area contributed by atoms with Crippen molar-refractivity contribution in [3.8, 4) is 0 Å². The second-order valence-electron chi connectivity index (χ2n) is 17.5. The van der Waals surface area contributed by atoms with E-state index in [1.54, 1.807) is 0 Å². The third kappa shape index (κ3) is 43.9. The molecule has 0 aliphatic rings. The fraction of sp³-hybridized carbons (Fsp3) is 1.00. The molecule has 0 heterocycles. The van der Waals surface area contributed by atoms with Gasteiger partial charge in [-0.1, -0.05) is 53.4 Å². The molecular formula is C48H100O12Ti. The quantitative estimate of drug-likeness (QED) is 0.0151. The Morgan fingerprint density at radius 3 is 0.557 bits per heavy atom. The molecule has 0 amide bonds. The third-order valence-corrected chi connectivity index (χ3v) is 13.1. The summed E-state index contributed by atoms with van der Waals surface area (Å²) in [6.45, 7) is 8.87. The van der Waals surface area contributed by atoms with Crippen molar-refractivity contribution in [3.63, 3.8) is 0 Å². The van der Waals surface area contributed by atoms with Crippen molar-refractivity contribution in [2.75, 3.05) is 0 Å². The van der Waals surface area contributed by atoms with Crippen molar-refractivity contribution >= 4 is 0 Å². The first-order valence-electron chi connectivity index (χ1n) is 25.9. The molecule has 4 unspecified atom stereocenters. The number of rotatable bonds is 52. The van der Waals surface area contributed by atoms with Crippen LogP contribution < -0.4 is 0 Å². The van der Waals surface area contributed by atoms with Gasteiger partial charge in [-0.05, 0) is 0 Å². The Balaban J connectivity index is 5.42. The van der Waals surface area contributed by atoms with E-state index in [4.69, 9.17) is 33.4 Å². The average molecular weight is 917 g/mol. The molecule has 0 aliphatic heterocycles. The van der Waals surface area contributed by atoms with E-state index in [1.165, 1.54) is 128 Å². The molecule has 13 heteroatoms. The van der Waals surface area contributed by atoms with E-state index < -0.39 is 43.3 Å². The third-order valence-electron chi connectivity index (χ3n) is 11.3. The Hall–Kier alpha value is 0.234. The van der Waals surface area contributed by atoms with Gasteiger partial charge in [0.05, 0.1) is 0 Å². The van der Waals surface area contributed by atoms with Gasteiger partial charge in [0.25, 0.3) is 0 Å². The molecule has 0 aliphatic carbocycles. The van der Waals surface area contributed by atoms with E-state index in [9.17, 15) is 20.4 Å². The maximum absolute atomic E-state index is 10.7. The van der Waals surface area contributed by atoms with Crippen molar-refractivity contribution < 1.29 is 72.0 Å². The summed E-state index contributed by atoms with van der Waals surface area (Å²) in [5.74, 6) is 0. The van der Waals surface area contributed by atoms with Crippen LogP contribution in [0.2, 0.25) is 0 Å². The second-order valence-corrected chi connectivity index (χ2v) is 20.1. The number of aliphatic hydroxyl groups excluding tert-OH is 4. The summed E-state index contributed by atoms with van der Waals surface area (Å²) in [5.41, 5.74) is 0. The van der Waals surface area contributed by atoms with E-state index in [2.05, 4.69) is 27.7 Å². The summed E-state index contributed by atoms with van der Waals surface area (Å²) in [5, 5.41) is 42.9. The van der Waals surface area contributed by atoms with Gasteiger partial charge in [-0.2, -0.15) is 0 Å². The minimum Gasteiger partial charge on any atom is -0.0654 e. The summed E-state index contributed by atoms with van der Waals surface area (Å²) in [4.78, 5) is 21.3. The summed E-state index contributed by atoms with van der Waals surface area (Å²) in [7, 11) is 0. The van der Waals surface area contributed by atoms with Gasteiger partial charge in [0.15, 0.2) is 0 Å². The maximum atomic E-state index is 10.7. The number of hydrogen-bond donors (Lipinski definition) is 4. The average Bonchev–Trinajstić information content (AvgIpc) is 3.26.